The van der Waals surface area contributed by atoms with Crippen LogP contribution < -0.4 is 16.4 Å². The maximum atomic E-state index is 12.0. The number of piperidine rings is 1. The minimum Gasteiger partial charge on any atom is -0.381 e. The monoisotopic (exact) mass is 290 g/mol. The first-order chi connectivity index (χ1) is 10.1. The first kappa shape index (κ1) is 15.8. The average Bonchev–Trinajstić information content (AvgIpc) is 2.50. The highest BCUT2D eigenvalue weighted by atomic mass is 16.2. The van der Waals surface area contributed by atoms with Gasteiger partial charge in [-0.05, 0) is 51.5 Å². The van der Waals surface area contributed by atoms with Crippen LogP contribution in [0.4, 0.5) is 11.4 Å². The maximum Gasteiger partial charge on any atom is 0.241 e. The Labute approximate surface area is 126 Å². The SMILES string of the molecule is CC[C@H](N)C(=O)Nc1ccccc1NC1CCN(C)CC1. The van der Waals surface area contributed by atoms with E-state index in [0.717, 1.165) is 37.3 Å². The lowest BCUT2D eigenvalue weighted by Crippen LogP contribution is -2.37. The molecule has 116 valence electrons. The van der Waals surface area contributed by atoms with Crippen LogP contribution in [0.15, 0.2) is 24.3 Å². The number of rotatable bonds is 5. The normalized spacial score (nSPS) is 18.2. The number of carbonyl (C=O) groups excluding carboxylic acids is 1. The Hall–Kier alpha value is -1.59. The van der Waals surface area contributed by atoms with E-state index < -0.39 is 6.04 Å². The third-order valence-corrected chi connectivity index (χ3v) is 4.04. The van der Waals surface area contributed by atoms with Crippen molar-refractivity contribution < 1.29 is 4.79 Å². The first-order valence-corrected chi connectivity index (χ1v) is 7.70. The molecule has 1 atom stereocenters. The number of likely N-dealkylation sites (tertiary alicyclic amines) is 1. The Morgan fingerprint density at radius 3 is 2.57 bits per heavy atom. The van der Waals surface area contributed by atoms with Crippen molar-refractivity contribution in [2.45, 2.75) is 38.3 Å². The van der Waals surface area contributed by atoms with Crippen LogP contribution in [0, 0.1) is 0 Å². The third-order valence-electron chi connectivity index (χ3n) is 4.04. The quantitative estimate of drug-likeness (QED) is 0.774. The van der Waals surface area contributed by atoms with Crippen molar-refractivity contribution in [2.24, 2.45) is 5.73 Å². The second-order valence-electron chi connectivity index (χ2n) is 5.77. The van der Waals surface area contributed by atoms with Crippen molar-refractivity contribution in [3.8, 4) is 0 Å². The molecular formula is C16H26N4O. The van der Waals surface area contributed by atoms with Crippen LogP contribution >= 0.6 is 0 Å². The molecule has 1 amide bonds. The molecule has 0 saturated carbocycles. The highest BCUT2D eigenvalue weighted by molar-refractivity contribution is 5.97. The van der Waals surface area contributed by atoms with E-state index in [9.17, 15) is 4.79 Å². The van der Waals surface area contributed by atoms with Crippen LogP contribution in [-0.4, -0.2) is 43.0 Å². The van der Waals surface area contributed by atoms with E-state index in [-0.39, 0.29) is 5.91 Å². The van der Waals surface area contributed by atoms with E-state index in [0.29, 0.717) is 12.5 Å². The summed E-state index contributed by atoms with van der Waals surface area (Å²) in [5.41, 5.74) is 7.56. The van der Waals surface area contributed by atoms with Crippen LogP contribution in [0.5, 0.6) is 0 Å². The third kappa shape index (κ3) is 4.44. The Bertz CT molecular complexity index is 469. The van der Waals surface area contributed by atoms with Crippen molar-refractivity contribution in [1.82, 2.24) is 4.90 Å². The molecule has 0 unspecified atom stereocenters. The van der Waals surface area contributed by atoms with Gasteiger partial charge in [0.1, 0.15) is 0 Å². The number of nitrogens with two attached hydrogens (primary N) is 1. The molecule has 2 rings (SSSR count). The number of benzene rings is 1. The van der Waals surface area contributed by atoms with Crippen molar-refractivity contribution in [1.29, 1.82) is 0 Å². The van der Waals surface area contributed by atoms with E-state index in [2.05, 4.69) is 22.6 Å². The molecule has 1 aromatic rings. The summed E-state index contributed by atoms with van der Waals surface area (Å²) < 4.78 is 0. The lowest BCUT2D eigenvalue weighted by atomic mass is 10.0. The zero-order valence-electron chi connectivity index (χ0n) is 12.9. The highest BCUT2D eigenvalue weighted by Crippen LogP contribution is 2.24. The van der Waals surface area contributed by atoms with Crippen molar-refractivity contribution in [2.75, 3.05) is 30.8 Å². The zero-order chi connectivity index (χ0) is 15.2. The van der Waals surface area contributed by atoms with Gasteiger partial charge in [0.25, 0.3) is 0 Å². The molecule has 1 heterocycles. The van der Waals surface area contributed by atoms with E-state index in [4.69, 9.17) is 5.73 Å². The molecule has 0 bridgehead atoms. The number of hydrogen-bond donors (Lipinski definition) is 3. The topological polar surface area (TPSA) is 70.4 Å². The van der Waals surface area contributed by atoms with E-state index in [1.54, 1.807) is 0 Å². The number of para-hydroxylation sites is 2. The van der Waals surface area contributed by atoms with Gasteiger partial charge in [-0.15, -0.1) is 0 Å². The Balaban J connectivity index is 2.01. The summed E-state index contributed by atoms with van der Waals surface area (Å²) in [6.45, 7) is 4.12. The van der Waals surface area contributed by atoms with Gasteiger partial charge in [-0.3, -0.25) is 4.79 Å². The van der Waals surface area contributed by atoms with Gasteiger partial charge in [-0.2, -0.15) is 0 Å². The smallest absolute Gasteiger partial charge is 0.241 e. The number of nitrogens with one attached hydrogen (secondary N) is 2. The fourth-order valence-corrected chi connectivity index (χ4v) is 2.50. The molecule has 5 heteroatoms. The van der Waals surface area contributed by atoms with Crippen molar-refractivity contribution in [3.05, 3.63) is 24.3 Å². The summed E-state index contributed by atoms with van der Waals surface area (Å²) in [5.74, 6) is -0.130. The number of hydrogen-bond acceptors (Lipinski definition) is 4. The van der Waals surface area contributed by atoms with Crippen LogP contribution in [0.25, 0.3) is 0 Å². The van der Waals surface area contributed by atoms with E-state index >= 15 is 0 Å². The first-order valence-electron chi connectivity index (χ1n) is 7.70. The highest BCUT2D eigenvalue weighted by Gasteiger charge is 2.18. The Kier molecular flexibility index (Phi) is 5.59. The molecule has 5 nitrogen and oxygen atoms in total. The number of nitrogens with zero attached hydrogens (tertiary/aromatic N) is 1. The van der Waals surface area contributed by atoms with Crippen LogP contribution in [0.3, 0.4) is 0 Å². The van der Waals surface area contributed by atoms with Gasteiger partial charge in [0.15, 0.2) is 0 Å². The lowest BCUT2D eigenvalue weighted by molar-refractivity contribution is -0.117. The average molecular weight is 290 g/mol. The predicted octanol–water partition coefficient (Wildman–Crippen LogP) is 1.87. The fourth-order valence-electron chi connectivity index (χ4n) is 2.50. The zero-order valence-corrected chi connectivity index (χ0v) is 12.9. The maximum absolute atomic E-state index is 12.0. The van der Waals surface area contributed by atoms with Gasteiger partial charge < -0.3 is 21.3 Å². The summed E-state index contributed by atoms with van der Waals surface area (Å²) in [6.07, 6.45) is 2.87. The lowest BCUT2D eigenvalue weighted by Gasteiger charge is -2.30. The van der Waals surface area contributed by atoms with Gasteiger partial charge >= 0.3 is 0 Å². The second-order valence-corrected chi connectivity index (χ2v) is 5.77. The molecule has 0 aromatic heterocycles. The molecule has 1 fully saturated rings. The van der Waals surface area contributed by atoms with Crippen LogP contribution in [0.2, 0.25) is 0 Å². The molecule has 1 aromatic carbocycles. The summed E-state index contributed by atoms with van der Waals surface area (Å²) in [6, 6.07) is 7.82. The molecule has 0 radical (unpaired) electrons. The minimum absolute atomic E-state index is 0.130. The molecule has 4 N–H and O–H groups in total. The van der Waals surface area contributed by atoms with Crippen LogP contribution in [-0.2, 0) is 4.79 Å². The molecule has 21 heavy (non-hydrogen) atoms. The summed E-state index contributed by atoms with van der Waals surface area (Å²) in [5, 5.41) is 6.47. The molecule has 0 spiro atoms. The molecule has 1 saturated heterocycles. The summed E-state index contributed by atoms with van der Waals surface area (Å²) >= 11 is 0. The number of amides is 1. The summed E-state index contributed by atoms with van der Waals surface area (Å²) in [4.78, 5) is 14.3. The largest absolute Gasteiger partial charge is 0.381 e. The van der Waals surface area contributed by atoms with Gasteiger partial charge in [0, 0.05) is 6.04 Å². The van der Waals surface area contributed by atoms with Gasteiger partial charge in [0.2, 0.25) is 5.91 Å². The summed E-state index contributed by atoms with van der Waals surface area (Å²) in [7, 11) is 2.15. The van der Waals surface area contributed by atoms with Gasteiger partial charge in [-0.1, -0.05) is 19.1 Å². The van der Waals surface area contributed by atoms with E-state index in [1.807, 2.05) is 31.2 Å². The molecule has 0 aliphatic carbocycles. The van der Waals surface area contributed by atoms with Crippen molar-refractivity contribution >= 4 is 17.3 Å². The standard InChI is InChI=1S/C16H26N4O/c1-3-13(17)16(21)19-15-7-5-4-6-14(15)18-12-8-10-20(2)11-9-12/h4-7,12-13,18H,3,8-11,17H2,1-2H3,(H,19,21)/t13-/m0/s1. The predicted molar refractivity (Wildman–Crippen MR) is 87.5 cm³/mol. The minimum atomic E-state index is -0.457. The van der Waals surface area contributed by atoms with Crippen LogP contribution in [0.1, 0.15) is 26.2 Å². The fraction of sp³-hybridized carbons (Fsp3) is 0.562. The Morgan fingerprint density at radius 2 is 1.95 bits per heavy atom. The molecule has 1 aliphatic rings. The van der Waals surface area contributed by atoms with Gasteiger partial charge in [0.05, 0.1) is 17.4 Å². The number of anilines is 2. The number of carbonyl (C=O) groups is 1. The van der Waals surface area contributed by atoms with Gasteiger partial charge in [-0.25, -0.2) is 0 Å². The van der Waals surface area contributed by atoms with Crippen molar-refractivity contribution in [3.63, 3.8) is 0 Å². The Morgan fingerprint density at radius 1 is 1.33 bits per heavy atom. The second kappa shape index (κ2) is 7.43. The molecular weight excluding hydrogens is 264 g/mol. The molecule has 1 aliphatic heterocycles. The van der Waals surface area contributed by atoms with E-state index in [1.165, 1.54) is 0 Å².